The lowest BCUT2D eigenvalue weighted by molar-refractivity contribution is -0.120. The Hall–Kier alpha value is -2.94. The van der Waals surface area contributed by atoms with E-state index in [1.54, 1.807) is 24.6 Å². The second kappa shape index (κ2) is 9.32. The minimum absolute atomic E-state index is 0.117. The zero-order chi connectivity index (χ0) is 19.9. The molecule has 3 rings (SSSR count). The van der Waals surface area contributed by atoms with Crippen LogP contribution >= 0.6 is 11.3 Å². The van der Waals surface area contributed by atoms with Crippen LogP contribution in [0.1, 0.15) is 30.1 Å². The zero-order valence-corrected chi connectivity index (χ0v) is 16.3. The molecule has 1 aliphatic rings. The highest BCUT2D eigenvalue weighted by Gasteiger charge is 2.27. The number of nitrogens with one attached hydrogen (secondary N) is 2. The van der Waals surface area contributed by atoms with Gasteiger partial charge in [-0.2, -0.15) is 0 Å². The van der Waals surface area contributed by atoms with E-state index < -0.39 is 12.0 Å². The van der Waals surface area contributed by atoms with E-state index in [2.05, 4.69) is 20.5 Å². The van der Waals surface area contributed by atoms with Crippen LogP contribution in [0.3, 0.4) is 0 Å². The predicted molar refractivity (Wildman–Crippen MR) is 107 cm³/mol. The molecule has 0 saturated carbocycles. The van der Waals surface area contributed by atoms with Crippen molar-refractivity contribution in [3.63, 3.8) is 0 Å². The number of carbonyl (C=O) groups is 3. The molecule has 148 valence electrons. The van der Waals surface area contributed by atoms with Gasteiger partial charge in [-0.1, -0.05) is 6.07 Å². The molecule has 0 bridgehead atoms. The van der Waals surface area contributed by atoms with Gasteiger partial charge >= 0.3 is 6.09 Å². The monoisotopic (exact) mass is 402 g/mol. The second-order valence-corrected chi connectivity index (χ2v) is 7.19. The Kier molecular flexibility index (Phi) is 6.59. The van der Waals surface area contributed by atoms with Crippen LogP contribution in [-0.2, 0) is 9.53 Å². The van der Waals surface area contributed by atoms with Gasteiger partial charge in [-0.25, -0.2) is 9.78 Å². The molecular formula is C19H22N4O4S. The summed E-state index contributed by atoms with van der Waals surface area (Å²) in [5, 5.41) is 7.10. The van der Waals surface area contributed by atoms with E-state index in [4.69, 9.17) is 4.74 Å². The topological polar surface area (TPSA) is 101 Å². The first-order valence-corrected chi connectivity index (χ1v) is 9.99. The van der Waals surface area contributed by atoms with Crippen LogP contribution in [0.25, 0.3) is 0 Å². The van der Waals surface area contributed by atoms with Crippen molar-refractivity contribution in [2.24, 2.45) is 5.92 Å². The number of alkyl carbamates (subject to hydrolysis) is 1. The van der Waals surface area contributed by atoms with E-state index >= 15 is 0 Å². The van der Waals surface area contributed by atoms with Gasteiger partial charge in [-0.3, -0.25) is 14.9 Å². The minimum Gasteiger partial charge on any atom is -0.450 e. The third-order valence-corrected chi connectivity index (χ3v) is 5.31. The maximum atomic E-state index is 12.6. The molecule has 0 spiro atoms. The van der Waals surface area contributed by atoms with Crippen molar-refractivity contribution in [1.29, 1.82) is 0 Å². The van der Waals surface area contributed by atoms with Crippen molar-refractivity contribution in [3.8, 4) is 0 Å². The minimum atomic E-state index is -0.808. The van der Waals surface area contributed by atoms with Gasteiger partial charge in [0, 0.05) is 25.2 Å². The summed E-state index contributed by atoms with van der Waals surface area (Å²) in [6.45, 7) is 3.31. The van der Waals surface area contributed by atoms with Gasteiger partial charge in [0.05, 0.1) is 12.2 Å². The fraction of sp³-hybridized carbons (Fsp3) is 0.368. The molecule has 1 fully saturated rings. The van der Waals surface area contributed by atoms with Gasteiger partial charge in [0.1, 0.15) is 10.8 Å². The van der Waals surface area contributed by atoms with E-state index in [1.807, 2.05) is 18.2 Å². The Morgan fingerprint density at radius 3 is 2.71 bits per heavy atom. The number of carbonyl (C=O) groups excluding carboxylic acids is 3. The SMILES string of the molecule is CCOC(=O)NC(=O)c1ccsc1NC(=O)C1CCN(c2ccccn2)CC1. The Morgan fingerprint density at radius 2 is 2.04 bits per heavy atom. The first-order chi connectivity index (χ1) is 13.6. The van der Waals surface area contributed by atoms with E-state index in [-0.39, 0.29) is 24.0 Å². The highest BCUT2D eigenvalue weighted by Crippen LogP contribution is 2.27. The maximum absolute atomic E-state index is 12.6. The van der Waals surface area contributed by atoms with Gasteiger partial charge in [0.15, 0.2) is 0 Å². The molecule has 3 heterocycles. The van der Waals surface area contributed by atoms with Crippen molar-refractivity contribution in [3.05, 3.63) is 41.4 Å². The summed E-state index contributed by atoms with van der Waals surface area (Å²) in [6.07, 6.45) is 2.36. The number of ether oxygens (including phenoxy) is 1. The van der Waals surface area contributed by atoms with Crippen molar-refractivity contribution in [2.75, 3.05) is 29.9 Å². The van der Waals surface area contributed by atoms with Crippen LogP contribution in [0.15, 0.2) is 35.8 Å². The highest BCUT2D eigenvalue weighted by molar-refractivity contribution is 7.14. The highest BCUT2D eigenvalue weighted by atomic mass is 32.1. The van der Waals surface area contributed by atoms with Crippen LogP contribution in [0.2, 0.25) is 0 Å². The van der Waals surface area contributed by atoms with E-state index in [0.717, 1.165) is 18.9 Å². The number of piperidine rings is 1. The van der Waals surface area contributed by atoms with Gasteiger partial charge in [0.25, 0.3) is 5.91 Å². The Labute approximate surface area is 166 Å². The number of imide groups is 1. The van der Waals surface area contributed by atoms with Crippen molar-refractivity contribution in [2.45, 2.75) is 19.8 Å². The van der Waals surface area contributed by atoms with E-state index in [1.165, 1.54) is 11.3 Å². The van der Waals surface area contributed by atoms with E-state index in [9.17, 15) is 14.4 Å². The van der Waals surface area contributed by atoms with Crippen LogP contribution in [0, 0.1) is 5.92 Å². The summed E-state index contributed by atoms with van der Waals surface area (Å²) >= 11 is 1.24. The zero-order valence-electron chi connectivity index (χ0n) is 15.5. The number of anilines is 2. The largest absolute Gasteiger partial charge is 0.450 e. The molecule has 0 aromatic carbocycles. The molecule has 1 saturated heterocycles. The molecule has 8 nitrogen and oxygen atoms in total. The number of rotatable bonds is 5. The quantitative estimate of drug-likeness (QED) is 0.798. The van der Waals surface area contributed by atoms with Gasteiger partial charge in [-0.05, 0) is 43.3 Å². The summed E-state index contributed by atoms with van der Waals surface area (Å²) in [5.74, 6) is 0.0637. The Morgan fingerprint density at radius 1 is 1.25 bits per heavy atom. The molecule has 2 aromatic rings. The lowest BCUT2D eigenvalue weighted by Gasteiger charge is -2.32. The summed E-state index contributed by atoms with van der Waals surface area (Å²) < 4.78 is 4.71. The molecule has 0 atom stereocenters. The first kappa shape index (κ1) is 19.8. The third-order valence-electron chi connectivity index (χ3n) is 4.48. The smallest absolute Gasteiger partial charge is 0.414 e. The molecule has 3 amide bonds. The number of amides is 3. The van der Waals surface area contributed by atoms with Crippen molar-refractivity contribution in [1.82, 2.24) is 10.3 Å². The molecule has 28 heavy (non-hydrogen) atoms. The molecule has 1 aliphatic heterocycles. The molecule has 2 N–H and O–H groups in total. The summed E-state index contributed by atoms with van der Waals surface area (Å²) in [5.41, 5.74) is 0.248. The second-order valence-electron chi connectivity index (χ2n) is 6.28. The Bertz CT molecular complexity index is 831. The van der Waals surface area contributed by atoms with Crippen LogP contribution < -0.4 is 15.5 Å². The molecular weight excluding hydrogens is 380 g/mol. The Balaban J connectivity index is 1.55. The molecule has 9 heteroatoms. The van der Waals surface area contributed by atoms with Gasteiger partial charge in [-0.15, -0.1) is 11.3 Å². The number of nitrogens with zero attached hydrogens (tertiary/aromatic N) is 2. The average Bonchev–Trinajstić information content (AvgIpc) is 3.17. The number of pyridine rings is 1. The first-order valence-electron chi connectivity index (χ1n) is 9.11. The van der Waals surface area contributed by atoms with Crippen molar-refractivity contribution >= 4 is 40.1 Å². The number of aromatic nitrogens is 1. The standard InChI is InChI=1S/C19H22N4O4S/c1-2-27-19(26)22-17(25)14-8-12-28-18(14)21-16(24)13-6-10-23(11-7-13)15-5-3-4-9-20-15/h3-5,8-9,12-13H,2,6-7,10-11H2,1H3,(H,21,24)(H,22,25,26). The fourth-order valence-corrected chi connectivity index (χ4v) is 3.83. The molecule has 0 unspecified atom stereocenters. The lowest BCUT2D eigenvalue weighted by Crippen LogP contribution is -2.38. The van der Waals surface area contributed by atoms with Crippen LogP contribution in [0.5, 0.6) is 0 Å². The number of hydrogen-bond acceptors (Lipinski definition) is 7. The van der Waals surface area contributed by atoms with Crippen LogP contribution in [0.4, 0.5) is 15.6 Å². The molecule has 0 radical (unpaired) electrons. The predicted octanol–water partition coefficient (Wildman–Crippen LogP) is 2.88. The average molecular weight is 402 g/mol. The van der Waals surface area contributed by atoms with Crippen molar-refractivity contribution < 1.29 is 19.1 Å². The van der Waals surface area contributed by atoms with E-state index in [0.29, 0.717) is 17.8 Å². The lowest BCUT2D eigenvalue weighted by atomic mass is 9.96. The fourth-order valence-electron chi connectivity index (χ4n) is 3.04. The summed E-state index contributed by atoms with van der Waals surface area (Å²) in [7, 11) is 0. The summed E-state index contributed by atoms with van der Waals surface area (Å²) in [6, 6.07) is 7.35. The van der Waals surface area contributed by atoms with Gasteiger partial charge in [0.2, 0.25) is 5.91 Å². The summed E-state index contributed by atoms with van der Waals surface area (Å²) in [4.78, 5) is 42.8. The number of hydrogen-bond donors (Lipinski definition) is 2. The maximum Gasteiger partial charge on any atom is 0.414 e. The normalized spacial score (nSPS) is 14.4. The molecule has 0 aliphatic carbocycles. The van der Waals surface area contributed by atoms with Crippen LogP contribution in [-0.4, -0.2) is 42.6 Å². The van der Waals surface area contributed by atoms with Gasteiger partial charge < -0.3 is 15.0 Å². The third kappa shape index (κ3) is 4.86. The number of thiophene rings is 1. The molecule has 2 aromatic heterocycles.